The quantitative estimate of drug-likeness (QED) is 0.388. The molecule has 3 aromatic rings. The SMILES string of the molecule is O=C(/C=C/CN1C2CCC1COC2)Nc1cc2c(Nc3ccc(F)c(Cl)c3)ncnc2cc1OC1CCOC1. The second kappa shape index (κ2) is 11.4. The molecule has 4 heterocycles. The molecule has 39 heavy (non-hydrogen) atoms. The van der Waals surface area contributed by atoms with Gasteiger partial charge in [0.05, 0.1) is 42.7 Å². The molecular formula is C28H29ClFN5O4. The van der Waals surface area contributed by atoms with Crippen LogP contribution in [-0.2, 0) is 14.3 Å². The molecule has 0 aliphatic carbocycles. The highest BCUT2D eigenvalue weighted by atomic mass is 35.5. The molecule has 3 saturated heterocycles. The number of nitrogens with zero attached hydrogens (tertiary/aromatic N) is 3. The molecule has 1 amide bonds. The van der Waals surface area contributed by atoms with Gasteiger partial charge in [0, 0.05) is 48.3 Å². The van der Waals surface area contributed by atoms with Crippen LogP contribution < -0.4 is 15.4 Å². The number of hydrogen-bond acceptors (Lipinski definition) is 8. The number of amides is 1. The van der Waals surface area contributed by atoms with Crippen LogP contribution in [0.25, 0.3) is 10.9 Å². The van der Waals surface area contributed by atoms with Gasteiger partial charge in [0.25, 0.3) is 0 Å². The highest BCUT2D eigenvalue weighted by molar-refractivity contribution is 6.31. The number of anilines is 3. The summed E-state index contributed by atoms with van der Waals surface area (Å²) in [5.41, 5.74) is 1.67. The van der Waals surface area contributed by atoms with E-state index in [0.717, 1.165) is 32.5 Å². The second-order valence-corrected chi connectivity index (χ2v) is 10.4. The maximum Gasteiger partial charge on any atom is 0.248 e. The van der Waals surface area contributed by atoms with Gasteiger partial charge in [-0.3, -0.25) is 9.69 Å². The minimum absolute atomic E-state index is 0.00217. The Morgan fingerprint density at radius 1 is 1.13 bits per heavy atom. The van der Waals surface area contributed by atoms with Gasteiger partial charge in [-0.15, -0.1) is 0 Å². The molecule has 11 heteroatoms. The fraction of sp³-hybridized carbons (Fsp3) is 0.393. The van der Waals surface area contributed by atoms with Gasteiger partial charge >= 0.3 is 0 Å². The Labute approximate surface area is 230 Å². The van der Waals surface area contributed by atoms with Crippen molar-refractivity contribution in [3.05, 3.63) is 59.7 Å². The normalized spacial score (nSPS) is 23.0. The summed E-state index contributed by atoms with van der Waals surface area (Å²) in [5, 5.41) is 6.79. The zero-order chi connectivity index (χ0) is 26.8. The average Bonchev–Trinajstić information content (AvgIpc) is 3.50. The van der Waals surface area contributed by atoms with Crippen LogP contribution in [0.4, 0.5) is 21.6 Å². The third kappa shape index (κ3) is 5.84. The molecule has 0 spiro atoms. The monoisotopic (exact) mass is 553 g/mol. The fourth-order valence-corrected chi connectivity index (χ4v) is 5.52. The van der Waals surface area contributed by atoms with Crippen molar-refractivity contribution in [1.29, 1.82) is 0 Å². The van der Waals surface area contributed by atoms with E-state index in [1.54, 1.807) is 24.3 Å². The van der Waals surface area contributed by atoms with Crippen molar-refractivity contribution < 1.29 is 23.4 Å². The lowest BCUT2D eigenvalue weighted by Gasteiger charge is -2.33. The number of aromatic nitrogens is 2. The number of ether oxygens (including phenoxy) is 3. The molecule has 3 aliphatic heterocycles. The van der Waals surface area contributed by atoms with Gasteiger partial charge in [0.15, 0.2) is 0 Å². The van der Waals surface area contributed by atoms with Gasteiger partial charge in [-0.05, 0) is 37.1 Å². The average molecular weight is 554 g/mol. The summed E-state index contributed by atoms with van der Waals surface area (Å²) in [4.78, 5) is 24.2. The predicted octanol–water partition coefficient (Wildman–Crippen LogP) is 4.69. The summed E-state index contributed by atoms with van der Waals surface area (Å²) in [7, 11) is 0. The van der Waals surface area contributed by atoms with E-state index in [0.29, 0.717) is 65.7 Å². The van der Waals surface area contributed by atoms with Crippen LogP contribution in [0.2, 0.25) is 5.02 Å². The summed E-state index contributed by atoms with van der Waals surface area (Å²) in [5.74, 6) is 0.207. The molecule has 3 fully saturated rings. The predicted molar refractivity (Wildman–Crippen MR) is 146 cm³/mol. The molecule has 2 bridgehead atoms. The van der Waals surface area contributed by atoms with Crippen LogP contribution in [0.1, 0.15) is 19.3 Å². The maximum atomic E-state index is 13.6. The molecule has 204 valence electrons. The molecular weight excluding hydrogens is 525 g/mol. The summed E-state index contributed by atoms with van der Waals surface area (Å²) in [6, 6.07) is 8.74. The Bertz CT molecular complexity index is 1380. The standard InChI is InChI=1S/C28H29ClFN5O4/c29-22-10-17(3-6-23(22)30)33-28-21-11-25(26(12-24(21)31-16-32-28)39-20-7-9-37-15-20)34-27(36)2-1-8-35-18-4-5-19(35)14-38-13-18/h1-3,6,10-12,16,18-20H,4-5,7-9,13-15H2,(H,34,36)(H,31,32,33)/b2-1+. The molecule has 2 N–H and O–H groups in total. The number of halogens is 2. The Morgan fingerprint density at radius 2 is 1.97 bits per heavy atom. The first-order valence-corrected chi connectivity index (χ1v) is 13.5. The number of morpholine rings is 1. The van der Waals surface area contributed by atoms with E-state index in [4.69, 9.17) is 25.8 Å². The smallest absolute Gasteiger partial charge is 0.248 e. The van der Waals surface area contributed by atoms with Crippen LogP contribution >= 0.6 is 11.6 Å². The molecule has 0 saturated carbocycles. The molecule has 3 aliphatic rings. The fourth-order valence-electron chi connectivity index (χ4n) is 5.34. The van der Waals surface area contributed by atoms with E-state index in [1.165, 1.54) is 18.5 Å². The molecule has 3 unspecified atom stereocenters. The van der Waals surface area contributed by atoms with Crippen molar-refractivity contribution in [2.75, 3.05) is 43.6 Å². The third-order valence-electron chi connectivity index (χ3n) is 7.34. The minimum atomic E-state index is -0.508. The lowest BCUT2D eigenvalue weighted by atomic mass is 10.1. The maximum absolute atomic E-state index is 13.6. The van der Waals surface area contributed by atoms with Crippen LogP contribution in [0.5, 0.6) is 5.75 Å². The van der Waals surface area contributed by atoms with Crippen molar-refractivity contribution in [3.63, 3.8) is 0 Å². The Morgan fingerprint density at radius 3 is 2.74 bits per heavy atom. The van der Waals surface area contributed by atoms with E-state index in [-0.39, 0.29) is 17.0 Å². The number of fused-ring (bicyclic) bond motifs is 3. The van der Waals surface area contributed by atoms with Crippen LogP contribution in [-0.4, -0.2) is 71.9 Å². The topological polar surface area (TPSA) is 97.8 Å². The summed E-state index contributed by atoms with van der Waals surface area (Å²) in [6.07, 6.45) is 7.79. The third-order valence-corrected chi connectivity index (χ3v) is 7.63. The van der Waals surface area contributed by atoms with Gasteiger partial charge in [-0.2, -0.15) is 0 Å². The summed E-state index contributed by atoms with van der Waals surface area (Å²) < 4.78 is 31.0. The van der Waals surface area contributed by atoms with Crippen LogP contribution in [0, 0.1) is 5.82 Å². The number of nitrogens with one attached hydrogen (secondary N) is 2. The van der Waals surface area contributed by atoms with Crippen molar-refractivity contribution >= 4 is 45.6 Å². The zero-order valence-electron chi connectivity index (χ0n) is 21.2. The number of hydrogen-bond donors (Lipinski definition) is 2. The Hall–Kier alpha value is -3.31. The highest BCUT2D eigenvalue weighted by Gasteiger charge is 2.36. The molecule has 9 nitrogen and oxygen atoms in total. The van der Waals surface area contributed by atoms with E-state index in [1.807, 2.05) is 6.08 Å². The first kappa shape index (κ1) is 25.9. The van der Waals surface area contributed by atoms with Crippen molar-refractivity contribution in [1.82, 2.24) is 14.9 Å². The molecule has 6 rings (SSSR count). The number of rotatable bonds is 8. The van der Waals surface area contributed by atoms with Gasteiger partial charge in [-0.25, -0.2) is 14.4 Å². The number of carbonyl (C=O) groups excluding carboxylic acids is 1. The first-order valence-electron chi connectivity index (χ1n) is 13.1. The van der Waals surface area contributed by atoms with Gasteiger partial charge in [0.1, 0.15) is 29.8 Å². The first-order chi connectivity index (χ1) is 19.0. The van der Waals surface area contributed by atoms with Crippen LogP contribution in [0.15, 0.2) is 48.8 Å². The Balaban J connectivity index is 1.25. The van der Waals surface area contributed by atoms with Gasteiger partial charge < -0.3 is 24.8 Å². The second-order valence-electron chi connectivity index (χ2n) is 9.96. The van der Waals surface area contributed by atoms with Crippen molar-refractivity contribution in [2.24, 2.45) is 0 Å². The lowest BCUT2D eigenvalue weighted by Crippen LogP contribution is -2.45. The molecule has 2 aromatic carbocycles. The lowest BCUT2D eigenvalue weighted by molar-refractivity contribution is -0.112. The summed E-state index contributed by atoms with van der Waals surface area (Å²) in [6.45, 7) is 3.32. The minimum Gasteiger partial charge on any atom is -0.486 e. The van der Waals surface area contributed by atoms with Crippen LogP contribution in [0.3, 0.4) is 0 Å². The van der Waals surface area contributed by atoms with E-state index < -0.39 is 5.82 Å². The van der Waals surface area contributed by atoms with Gasteiger partial charge in [0.2, 0.25) is 5.91 Å². The Kier molecular flexibility index (Phi) is 7.60. The molecule has 0 radical (unpaired) electrons. The van der Waals surface area contributed by atoms with Crippen molar-refractivity contribution in [3.8, 4) is 5.75 Å². The molecule has 1 aromatic heterocycles. The number of benzene rings is 2. The zero-order valence-corrected chi connectivity index (χ0v) is 22.0. The van der Waals surface area contributed by atoms with E-state index >= 15 is 0 Å². The van der Waals surface area contributed by atoms with Crippen molar-refractivity contribution in [2.45, 2.75) is 37.5 Å². The number of carbonyl (C=O) groups is 1. The van der Waals surface area contributed by atoms with Gasteiger partial charge in [-0.1, -0.05) is 17.7 Å². The molecule has 3 atom stereocenters. The van der Waals surface area contributed by atoms with E-state index in [2.05, 4.69) is 25.5 Å². The highest BCUT2D eigenvalue weighted by Crippen LogP contribution is 2.35. The summed E-state index contributed by atoms with van der Waals surface area (Å²) >= 11 is 5.96. The largest absolute Gasteiger partial charge is 0.486 e. The van der Waals surface area contributed by atoms with E-state index in [9.17, 15) is 9.18 Å².